The van der Waals surface area contributed by atoms with Crippen LogP contribution in [0.4, 0.5) is 11.5 Å². The van der Waals surface area contributed by atoms with Gasteiger partial charge in [-0.2, -0.15) is 5.10 Å². The fraction of sp³-hybridized carbons (Fsp3) is 0.200. The van der Waals surface area contributed by atoms with E-state index < -0.39 is 15.9 Å². The van der Waals surface area contributed by atoms with Crippen molar-refractivity contribution in [3.05, 3.63) is 78.5 Å². The molecule has 168 valence electrons. The topological polar surface area (TPSA) is 84.3 Å². The highest BCUT2D eigenvalue weighted by atomic mass is 32.2. The Bertz CT molecular complexity index is 1480. The zero-order valence-electron chi connectivity index (χ0n) is 18.6. The molecule has 33 heavy (non-hydrogen) atoms. The maximum Gasteiger partial charge on any atom is 0.265 e. The van der Waals surface area contributed by atoms with Crippen LogP contribution in [0.2, 0.25) is 0 Å². The van der Waals surface area contributed by atoms with Crippen LogP contribution in [0.15, 0.2) is 77.7 Å². The third-order valence-corrected chi connectivity index (χ3v) is 7.52. The van der Waals surface area contributed by atoms with Crippen LogP contribution in [0.3, 0.4) is 0 Å². The van der Waals surface area contributed by atoms with Gasteiger partial charge in [0.05, 0.1) is 22.0 Å². The number of nitrogens with zero attached hydrogens (tertiary/aromatic N) is 3. The first-order valence-electron chi connectivity index (χ1n) is 10.7. The molecule has 4 aromatic rings. The third-order valence-electron chi connectivity index (χ3n) is 5.71. The molecule has 0 spiro atoms. The summed E-state index contributed by atoms with van der Waals surface area (Å²) in [5.74, 6) is 0.0457. The molecule has 2 heterocycles. The maximum atomic E-state index is 13.2. The molecule has 5 rings (SSSR count). The van der Waals surface area contributed by atoms with Crippen LogP contribution in [0.5, 0.6) is 0 Å². The SMILES string of the molecule is CC(C)(C)c1cc(NC(=O)CN2c3cccc4cccc(c34)S2(=O)=O)n(-c2ccccc2)n1. The summed E-state index contributed by atoms with van der Waals surface area (Å²) in [5, 5.41) is 9.06. The van der Waals surface area contributed by atoms with E-state index in [0.717, 1.165) is 16.8 Å². The Morgan fingerprint density at radius 1 is 0.970 bits per heavy atom. The lowest BCUT2D eigenvalue weighted by atomic mass is 9.92. The Labute approximate surface area is 192 Å². The summed E-state index contributed by atoms with van der Waals surface area (Å²) >= 11 is 0. The summed E-state index contributed by atoms with van der Waals surface area (Å²) in [6.07, 6.45) is 0. The number of hydrogen-bond donors (Lipinski definition) is 1. The highest BCUT2D eigenvalue weighted by molar-refractivity contribution is 7.93. The van der Waals surface area contributed by atoms with E-state index in [0.29, 0.717) is 16.9 Å². The van der Waals surface area contributed by atoms with Gasteiger partial charge >= 0.3 is 0 Å². The molecule has 1 aliphatic heterocycles. The molecule has 1 N–H and O–H groups in total. The number of para-hydroxylation sites is 1. The lowest BCUT2D eigenvalue weighted by molar-refractivity contribution is -0.114. The monoisotopic (exact) mass is 460 g/mol. The lowest BCUT2D eigenvalue weighted by Gasteiger charge is -2.18. The average Bonchev–Trinajstić information content (AvgIpc) is 3.29. The predicted octanol–water partition coefficient (Wildman–Crippen LogP) is 4.47. The number of anilines is 2. The number of rotatable bonds is 4. The van der Waals surface area contributed by atoms with E-state index >= 15 is 0 Å². The number of sulfonamides is 1. The molecule has 0 bridgehead atoms. The van der Waals surface area contributed by atoms with Gasteiger partial charge in [0.15, 0.2) is 0 Å². The van der Waals surface area contributed by atoms with Crippen molar-refractivity contribution >= 4 is 38.2 Å². The summed E-state index contributed by atoms with van der Waals surface area (Å²) in [6.45, 7) is 5.81. The van der Waals surface area contributed by atoms with Gasteiger partial charge in [0.1, 0.15) is 12.4 Å². The Morgan fingerprint density at radius 2 is 1.67 bits per heavy atom. The number of amides is 1. The maximum absolute atomic E-state index is 13.2. The first kappa shape index (κ1) is 21.2. The van der Waals surface area contributed by atoms with Crippen LogP contribution in [0.1, 0.15) is 26.5 Å². The second-order valence-electron chi connectivity index (χ2n) is 9.10. The molecule has 0 fully saturated rings. The van der Waals surface area contributed by atoms with Crippen LogP contribution in [0.25, 0.3) is 16.5 Å². The van der Waals surface area contributed by atoms with Crippen molar-refractivity contribution in [3.8, 4) is 5.69 Å². The molecule has 7 nitrogen and oxygen atoms in total. The molecule has 1 aromatic heterocycles. The molecule has 3 aromatic carbocycles. The lowest BCUT2D eigenvalue weighted by Crippen LogP contribution is -2.35. The summed E-state index contributed by atoms with van der Waals surface area (Å²) < 4.78 is 29.3. The number of carbonyl (C=O) groups excluding carboxylic acids is 1. The van der Waals surface area contributed by atoms with Crippen LogP contribution >= 0.6 is 0 Å². The molecule has 0 saturated heterocycles. The van der Waals surface area contributed by atoms with E-state index in [9.17, 15) is 13.2 Å². The summed E-state index contributed by atoms with van der Waals surface area (Å²) in [6, 6.07) is 21.9. The van der Waals surface area contributed by atoms with Crippen molar-refractivity contribution in [2.45, 2.75) is 31.1 Å². The second kappa shape index (κ2) is 7.45. The van der Waals surface area contributed by atoms with Crippen molar-refractivity contribution in [1.29, 1.82) is 0 Å². The molecule has 0 aliphatic carbocycles. The van der Waals surface area contributed by atoms with Gasteiger partial charge in [-0.3, -0.25) is 9.10 Å². The summed E-state index contributed by atoms with van der Waals surface area (Å²) in [4.78, 5) is 13.3. The Hall–Kier alpha value is -3.65. The highest BCUT2D eigenvalue weighted by Gasteiger charge is 2.36. The fourth-order valence-electron chi connectivity index (χ4n) is 4.04. The minimum Gasteiger partial charge on any atom is -0.309 e. The zero-order valence-corrected chi connectivity index (χ0v) is 19.4. The van der Waals surface area contributed by atoms with E-state index in [-0.39, 0.29) is 16.9 Å². The predicted molar refractivity (Wildman–Crippen MR) is 129 cm³/mol. The second-order valence-corrected chi connectivity index (χ2v) is 10.9. The summed E-state index contributed by atoms with van der Waals surface area (Å²) in [5.41, 5.74) is 1.90. The van der Waals surface area contributed by atoms with Crippen molar-refractivity contribution in [3.63, 3.8) is 0 Å². The molecular formula is C25H24N4O3S. The zero-order chi connectivity index (χ0) is 23.4. The van der Waals surface area contributed by atoms with Crippen LogP contribution < -0.4 is 9.62 Å². The molecule has 1 amide bonds. The number of carbonyl (C=O) groups is 1. The Kier molecular flexibility index (Phi) is 4.79. The highest BCUT2D eigenvalue weighted by Crippen LogP contribution is 2.41. The van der Waals surface area contributed by atoms with Crippen molar-refractivity contribution in [1.82, 2.24) is 9.78 Å². The first-order chi connectivity index (χ1) is 15.7. The Balaban J connectivity index is 1.48. The molecule has 1 aliphatic rings. The molecule has 0 atom stereocenters. The molecule has 0 radical (unpaired) electrons. The smallest absolute Gasteiger partial charge is 0.265 e. The largest absolute Gasteiger partial charge is 0.309 e. The van der Waals surface area contributed by atoms with E-state index in [1.165, 1.54) is 4.31 Å². The Morgan fingerprint density at radius 3 is 2.36 bits per heavy atom. The van der Waals surface area contributed by atoms with Gasteiger partial charge < -0.3 is 5.32 Å². The standard InChI is InChI=1S/C25H24N4O3S/c1-25(2,3)21-15-22(29(27-21)18-11-5-4-6-12-18)26-23(30)16-28-19-13-7-9-17-10-8-14-20(24(17)19)33(28,31)32/h4-15H,16H2,1-3H3,(H,26,30). The minimum atomic E-state index is -3.82. The number of hydrogen-bond acceptors (Lipinski definition) is 4. The van der Waals surface area contributed by atoms with Gasteiger partial charge in [0, 0.05) is 16.9 Å². The quantitative estimate of drug-likeness (QED) is 0.487. The van der Waals surface area contributed by atoms with Crippen molar-refractivity contribution < 1.29 is 13.2 Å². The van der Waals surface area contributed by atoms with Crippen molar-refractivity contribution in [2.75, 3.05) is 16.2 Å². The molecule has 0 saturated carbocycles. The van der Waals surface area contributed by atoms with E-state index in [1.54, 1.807) is 28.9 Å². The van der Waals surface area contributed by atoms with Gasteiger partial charge in [-0.05, 0) is 29.7 Å². The number of aromatic nitrogens is 2. The average molecular weight is 461 g/mol. The molecule has 0 unspecified atom stereocenters. The van der Waals surface area contributed by atoms with E-state index in [4.69, 9.17) is 5.10 Å². The van der Waals surface area contributed by atoms with Crippen molar-refractivity contribution in [2.24, 2.45) is 0 Å². The van der Waals surface area contributed by atoms with Gasteiger partial charge in [-0.25, -0.2) is 13.1 Å². The van der Waals surface area contributed by atoms with Crippen LogP contribution in [-0.4, -0.2) is 30.7 Å². The minimum absolute atomic E-state index is 0.227. The van der Waals surface area contributed by atoms with Gasteiger partial charge in [-0.1, -0.05) is 63.2 Å². The normalized spacial score (nSPS) is 14.6. The van der Waals surface area contributed by atoms with Gasteiger partial charge in [-0.15, -0.1) is 0 Å². The van der Waals surface area contributed by atoms with E-state index in [1.807, 2.05) is 69.3 Å². The van der Waals surface area contributed by atoms with Crippen LogP contribution in [0, 0.1) is 0 Å². The summed E-state index contributed by atoms with van der Waals surface area (Å²) in [7, 11) is -3.82. The first-order valence-corrected chi connectivity index (χ1v) is 12.1. The fourth-order valence-corrected chi connectivity index (χ4v) is 5.71. The van der Waals surface area contributed by atoms with E-state index in [2.05, 4.69) is 5.32 Å². The molecule has 8 heteroatoms. The third kappa shape index (κ3) is 3.56. The van der Waals surface area contributed by atoms with Gasteiger partial charge in [0.25, 0.3) is 10.0 Å². The molecular weight excluding hydrogens is 436 g/mol. The van der Waals surface area contributed by atoms with Gasteiger partial charge in [0.2, 0.25) is 5.91 Å². The number of nitrogens with one attached hydrogen (secondary N) is 1. The van der Waals surface area contributed by atoms with Crippen LogP contribution in [-0.2, 0) is 20.2 Å². The number of benzene rings is 3.